The van der Waals surface area contributed by atoms with Crippen LogP contribution in [-0.2, 0) is 11.2 Å². The van der Waals surface area contributed by atoms with Crippen molar-refractivity contribution in [2.24, 2.45) is 0 Å². The van der Waals surface area contributed by atoms with Gasteiger partial charge in [0.25, 0.3) is 0 Å². The molecule has 0 bridgehead atoms. The Morgan fingerprint density at radius 1 is 0.852 bits per heavy atom. The second-order valence-electron chi connectivity index (χ2n) is 6.12. The van der Waals surface area contributed by atoms with E-state index in [2.05, 4.69) is 0 Å². The second kappa shape index (κ2) is 8.90. The third kappa shape index (κ3) is 5.11. The highest BCUT2D eigenvalue weighted by Crippen LogP contribution is 2.23. The van der Waals surface area contributed by atoms with Crippen LogP contribution in [0.4, 0.5) is 0 Å². The van der Waals surface area contributed by atoms with Gasteiger partial charge in [0.1, 0.15) is 11.5 Å². The summed E-state index contributed by atoms with van der Waals surface area (Å²) < 4.78 is 11.1. The Morgan fingerprint density at radius 2 is 1.44 bits per heavy atom. The van der Waals surface area contributed by atoms with E-state index >= 15 is 0 Å². The van der Waals surface area contributed by atoms with E-state index in [1.807, 2.05) is 73.7 Å². The molecule has 0 heterocycles. The third-order valence-electron chi connectivity index (χ3n) is 4.17. The highest BCUT2D eigenvalue weighted by Gasteiger charge is 2.20. The highest BCUT2D eigenvalue weighted by atomic mass is 16.5. The van der Waals surface area contributed by atoms with Crippen LogP contribution < -0.4 is 9.47 Å². The van der Waals surface area contributed by atoms with Gasteiger partial charge in [-0.15, -0.1) is 0 Å². The fourth-order valence-electron chi connectivity index (χ4n) is 2.80. The van der Waals surface area contributed by atoms with Crippen LogP contribution >= 0.6 is 0 Å². The molecule has 0 saturated carbocycles. The van der Waals surface area contributed by atoms with Gasteiger partial charge in [-0.3, -0.25) is 0 Å². The lowest BCUT2D eigenvalue weighted by Gasteiger charge is -2.16. The Kier molecular flexibility index (Phi) is 6.10. The van der Waals surface area contributed by atoms with Gasteiger partial charge in [0.05, 0.1) is 6.61 Å². The zero-order valence-corrected chi connectivity index (χ0v) is 15.2. The van der Waals surface area contributed by atoms with Crippen molar-refractivity contribution < 1.29 is 19.4 Å². The number of benzene rings is 3. The predicted molar refractivity (Wildman–Crippen MR) is 105 cm³/mol. The molecule has 1 unspecified atom stereocenters. The summed E-state index contributed by atoms with van der Waals surface area (Å²) in [6.07, 6.45) is -0.673. The van der Waals surface area contributed by atoms with Crippen LogP contribution in [0.5, 0.6) is 11.5 Å². The number of carboxylic acid groups (broad SMARTS) is 1. The summed E-state index contributed by atoms with van der Waals surface area (Å²) in [4.78, 5) is 11.6. The normalized spacial score (nSPS) is 11.6. The van der Waals surface area contributed by atoms with E-state index in [0.29, 0.717) is 12.4 Å². The van der Waals surface area contributed by atoms with Gasteiger partial charge < -0.3 is 14.6 Å². The number of rotatable bonds is 8. The van der Waals surface area contributed by atoms with Crippen LogP contribution in [-0.4, -0.2) is 23.8 Å². The molecule has 0 radical (unpaired) electrons. The molecule has 0 aliphatic rings. The quantitative estimate of drug-likeness (QED) is 0.624. The van der Waals surface area contributed by atoms with Crippen molar-refractivity contribution in [1.82, 2.24) is 0 Å². The van der Waals surface area contributed by atoms with Crippen LogP contribution in [0, 0.1) is 0 Å². The van der Waals surface area contributed by atoms with Crippen LogP contribution in [0.15, 0.2) is 78.9 Å². The van der Waals surface area contributed by atoms with Gasteiger partial charge in [-0.2, -0.15) is 0 Å². The van der Waals surface area contributed by atoms with Crippen LogP contribution in [0.2, 0.25) is 0 Å². The van der Waals surface area contributed by atoms with E-state index in [-0.39, 0.29) is 6.42 Å². The molecular formula is C23H22O4. The summed E-state index contributed by atoms with van der Waals surface area (Å²) >= 11 is 0. The summed E-state index contributed by atoms with van der Waals surface area (Å²) in [7, 11) is 0. The molecule has 0 aromatic heterocycles. The molecular weight excluding hydrogens is 340 g/mol. The third-order valence-corrected chi connectivity index (χ3v) is 4.17. The molecule has 0 aliphatic carbocycles. The second-order valence-corrected chi connectivity index (χ2v) is 6.12. The highest BCUT2D eigenvalue weighted by molar-refractivity contribution is 5.73. The SMILES string of the molecule is CCOc1ccc(CC(Oc2ccc(-c3ccccc3)cc2)C(=O)O)cc1. The van der Waals surface area contributed by atoms with Crippen molar-refractivity contribution in [3.8, 4) is 22.6 Å². The number of ether oxygens (including phenoxy) is 2. The smallest absolute Gasteiger partial charge is 0.345 e. The van der Waals surface area contributed by atoms with E-state index in [0.717, 1.165) is 22.4 Å². The van der Waals surface area contributed by atoms with Crippen LogP contribution in [0.25, 0.3) is 11.1 Å². The molecule has 3 aromatic carbocycles. The first kappa shape index (κ1) is 18.5. The molecule has 0 fully saturated rings. The van der Waals surface area contributed by atoms with Gasteiger partial charge in [0, 0.05) is 6.42 Å². The van der Waals surface area contributed by atoms with Gasteiger partial charge in [0.15, 0.2) is 6.10 Å². The number of aliphatic carboxylic acids is 1. The Hall–Kier alpha value is -3.27. The van der Waals surface area contributed by atoms with Gasteiger partial charge in [0.2, 0.25) is 0 Å². The first-order valence-corrected chi connectivity index (χ1v) is 8.92. The lowest BCUT2D eigenvalue weighted by atomic mass is 10.1. The Labute approximate surface area is 159 Å². The maximum atomic E-state index is 11.6. The van der Waals surface area contributed by atoms with Gasteiger partial charge >= 0.3 is 5.97 Å². The molecule has 0 aliphatic heterocycles. The Balaban J connectivity index is 1.68. The summed E-state index contributed by atoms with van der Waals surface area (Å²) in [5, 5.41) is 9.52. The van der Waals surface area contributed by atoms with E-state index < -0.39 is 12.1 Å². The molecule has 138 valence electrons. The number of hydrogen-bond acceptors (Lipinski definition) is 3. The monoisotopic (exact) mass is 362 g/mol. The summed E-state index contributed by atoms with van der Waals surface area (Å²) in [5.74, 6) is 0.314. The van der Waals surface area contributed by atoms with Crippen molar-refractivity contribution >= 4 is 5.97 Å². The van der Waals surface area contributed by atoms with Crippen molar-refractivity contribution in [3.05, 3.63) is 84.4 Å². The molecule has 0 saturated heterocycles. The van der Waals surface area contributed by atoms with Crippen molar-refractivity contribution in [2.45, 2.75) is 19.4 Å². The first-order valence-electron chi connectivity index (χ1n) is 8.92. The topological polar surface area (TPSA) is 55.8 Å². The first-order chi connectivity index (χ1) is 13.2. The molecule has 4 heteroatoms. The van der Waals surface area contributed by atoms with Crippen LogP contribution in [0.3, 0.4) is 0 Å². The maximum absolute atomic E-state index is 11.6. The van der Waals surface area contributed by atoms with Crippen molar-refractivity contribution in [3.63, 3.8) is 0 Å². The molecule has 3 aromatic rings. The molecule has 3 rings (SSSR count). The van der Waals surface area contributed by atoms with Gasteiger partial charge in [-0.05, 0) is 47.9 Å². The number of hydrogen-bond donors (Lipinski definition) is 1. The minimum absolute atomic E-state index is 0.280. The van der Waals surface area contributed by atoms with E-state index in [4.69, 9.17) is 9.47 Å². The number of carboxylic acids is 1. The summed E-state index contributed by atoms with van der Waals surface area (Å²) in [6.45, 7) is 2.52. The maximum Gasteiger partial charge on any atom is 0.345 e. The zero-order valence-electron chi connectivity index (χ0n) is 15.2. The molecule has 1 N–H and O–H groups in total. The van der Waals surface area contributed by atoms with E-state index in [1.165, 1.54) is 0 Å². The molecule has 4 nitrogen and oxygen atoms in total. The Bertz CT molecular complexity index is 855. The minimum Gasteiger partial charge on any atom is -0.494 e. The molecule has 0 amide bonds. The average molecular weight is 362 g/mol. The fourth-order valence-corrected chi connectivity index (χ4v) is 2.80. The van der Waals surface area contributed by atoms with E-state index in [9.17, 15) is 9.90 Å². The van der Waals surface area contributed by atoms with Gasteiger partial charge in [-0.25, -0.2) is 4.79 Å². The lowest BCUT2D eigenvalue weighted by Crippen LogP contribution is -2.29. The Morgan fingerprint density at radius 3 is 2.04 bits per heavy atom. The van der Waals surface area contributed by atoms with Crippen molar-refractivity contribution in [2.75, 3.05) is 6.61 Å². The standard InChI is InChI=1S/C23H22O4/c1-2-26-20-12-8-17(9-13-20)16-22(23(24)25)27-21-14-10-19(11-15-21)18-6-4-3-5-7-18/h3-15,22H,2,16H2,1H3,(H,24,25). The lowest BCUT2D eigenvalue weighted by molar-refractivity contribution is -0.145. The van der Waals surface area contributed by atoms with E-state index in [1.54, 1.807) is 12.1 Å². The minimum atomic E-state index is -0.990. The average Bonchev–Trinajstić information content (AvgIpc) is 2.70. The largest absolute Gasteiger partial charge is 0.494 e. The zero-order chi connectivity index (χ0) is 19.1. The summed E-state index contributed by atoms with van der Waals surface area (Å²) in [6, 6.07) is 24.9. The predicted octanol–water partition coefficient (Wildman–Crippen LogP) is 4.83. The molecule has 1 atom stereocenters. The fraction of sp³-hybridized carbons (Fsp3) is 0.174. The summed E-state index contributed by atoms with van der Waals surface area (Å²) in [5.41, 5.74) is 3.04. The number of carbonyl (C=O) groups is 1. The van der Waals surface area contributed by atoms with Gasteiger partial charge in [-0.1, -0.05) is 54.6 Å². The molecule has 27 heavy (non-hydrogen) atoms. The van der Waals surface area contributed by atoms with Crippen LogP contribution in [0.1, 0.15) is 12.5 Å². The molecule has 0 spiro atoms. The van der Waals surface area contributed by atoms with Crippen molar-refractivity contribution in [1.29, 1.82) is 0 Å².